The lowest BCUT2D eigenvalue weighted by atomic mass is 10.1. The third-order valence-electron chi connectivity index (χ3n) is 3.18. The van der Waals surface area contributed by atoms with Crippen LogP contribution in [0.25, 0.3) is 0 Å². The molecule has 0 aromatic carbocycles. The Hall–Kier alpha value is -1.35. The number of nitrogens with two attached hydrogens (primary N) is 1. The third kappa shape index (κ3) is 14.7. The Morgan fingerprint density at radius 3 is 2.36 bits per heavy atom. The average molecular weight is 460 g/mol. The van der Waals surface area contributed by atoms with Gasteiger partial charge in [-0.15, -0.1) is 0 Å². The van der Waals surface area contributed by atoms with E-state index in [4.69, 9.17) is 20.5 Å². The van der Waals surface area contributed by atoms with Crippen molar-refractivity contribution in [3.8, 4) is 0 Å². The van der Waals surface area contributed by atoms with Crippen molar-refractivity contribution in [1.29, 1.82) is 0 Å². The van der Waals surface area contributed by atoms with Gasteiger partial charge in [-0.2, -0.15) is 0 Å². The molecule has 2 amide bonds. The Kier molecular flexibility index (Phi) is 14.8. The van der Waals surface area contributed by atoms with E-state index in [2.05, 4.69) is 10.6 Å². The molecule has 0 bridgehead atoms. The maximum absolute atomic E-state index is 12.1. The van der Waals surface area contributed by atoms with E-state index in [0.29, 0.717) is 18.6 Å². The fourth-order valence-electron chi connectivity index (χ4n) is 1.71. The predicted molar refractivity (Wildman–Crippen MR) is 107 cm³/mol. The smallest absolute Gasteiger partial charge is 0.322 e. The summed E-state index contributed by atoms with van der Waals surface area (Å²) in [5, 5.41) is 22.0. The van der Waals surface area contributed by atoms with E-state index in [9.17, 15) is 23.4 Å². The van der Waals surface area contributed by atoms with Crippen molar-refractivity contribution in [1.82, 2.24) is 10.6 Å². The molecule has 0 aliphatic heterocycles. The van der Waals surface area contributed by atoms with Crippen LogP contribution in [-0.2, 0) is 30.3 Å². The molecule has 0 heterocycles. The molecule has 7 N–H and O–H groups in total. The van der Waals surface area contributed by atoms with Gasteiger partial charge >= 0.3 is 11.9 Å². The number of amides is 2. The van der Waals surface area contributed by atoms with Gasteiger partial charge in [-0.1, -0.05) is 21.6 Å². The lowest BCUT2D eigenvalue weighted by Gasteiger charge is -2.18. The highest BCUT2D eigenvalue weighted by Gasteiger charge is 2.22. The second-order valence-corrected chi connectivity index (χ2v) is 9.23. The molecule has 0 spiro atoms. The van der Waals surface area contributed by atoms with E-state index in [1.54, 1.807) is 0 Å². The number of unbranched alkanes of at least 4 members (excludes halogenated alkanes) is 1. The van der Waals surface area contributed by atoms with Crippen LogP contribution in [0.5, 0.6) is 0 Å². The topological polar surface area (TPSA) is 196 Å². The molecular formula is C14H25N3O8S3. The highest BCUT2D eigenvalue weighted by molar-refractivity contribution is 8.76. The quantitative estimate of drug-likeness (QED) is 0.0964. The zero-order valence-corrected chi connectivity index (χ0v) is 17.4. The van der Waals surface area contributed by atoms with E-state index in [0.717, 1.165) is 0 Å². The van der Waals surface area contributed by atoms with Gasteiger partial charge in [0.15, 0.2) is 11.1 Å². The van der Waals surface area contributed by atoms with Crippen LogP contribution in [-0.4, -0.2) is 78.6 Å². The molecule has 0 saturated heterocycles. The zero-order chi connectivity index (χ0) is 21.5. The highest BCUT2D eigenvalue weighted by Crippen LogP contribution is 2.23. The molecule has 0 aliphatic rings. The first-order valence-electron chi connectivity index (χ1n) is 8.22. The summed E-state index contributed by atoms with van der Waals surface area (Å²) in [6, 6.07) is -2.18. The summed E-state index contributed by atoms with van der Waals surface area (Å²) in [7, 11) is 2.71. The van der Waals surface area contributed by atoms with Crippen molar-refractivity contribution in [2.75, 3.05) is 23.8 Å². The van der Waals surface area contributed by atoms with Gasteiger partial charge in [0, 0.05) is 23.7 Å². The molecular weight excluding hydrogens is 434 g/mol. The number of hydrogen-bond acceptors (Lipinski definition) is 8. The third-order valence-corrected chi connectivity index (χ3v) is 6.32. The number of aliphatic carboxylic acids is 2. The summed E-state index contributed by atoms with van der Waals surface area (Å²) in [5.41, 5.74) is 5.33. The van der Waals surface area contributed by atoms with Crippen LogP contribution in [0, 0.1) is 0 Å². The van der Waals surface area contributed by atoms with E-state index >= 15 is 0 Å². The van der Waals surface area contributed by atoms with Crippen LogP contribution in [0.4, 0.5) is 0 Å². The van der Waals surface area contributed by atoms with E-state index in [1.807, 2.05) is 0 Å². The second kappa shape index (κ2) is 15.6. The number of nitrogens with one attached hydrogen (secondary N) is 2. The molecule has 1 unspecified atom stereocenters. The van der Waals surface area contributed by atoms with Gasteiger partial charge in [0.1, 0.15) is 18.6 Å². The Labute approximate surface area is 172 Å². The van der Waals surface area contributed by atoms with E-state index in [-0.39, 0.29) is 24.3 Å². The molecule has 162 valence electrons. The SMILES string of the molecule is N[C@@H](CCC(=O)N[C@@H](CSSCCCCS(=O)O)C(=O)NCC(=O)O)C(=O)O. The van der Waals surface area contributed by atoms with Crippen LogP contribution < -0.4 is 16.4 Å². The summed E-state index contributed by atoms with van der Waals surface area (Å²) < 4.78 is 19.2. The fraction of sp³-hybridized carbons (Fsp3) is 0.714. The summed E-state index contributed by atoms with van der Waals surface area (Å²) in [5.74, 6) is -2.66. The zero-order valence-electron chi connectivity index (χ0n) is 15.0. The number of rotatable bonds is 16. The molecule has 0 radical (unpaired) electrons. The minimum Gasteiger partial charge on any atom is -0.480 e. The average Bonchev–Trinajstić information content (AvgIpc) is 2.61. The molecule has 3 atom stereocenters. The van der Waals surface area contributed by atoms with Crippen LogP contribution in [0.15, 0.2) is 0 Å². The van der Waals surface area contributed by atoms with Crippen molar-refractivity contribution in [2.24, 2.45) is 5.73 Å². The standard InChI is InChI=1S/C14H25N3O8S3/c15-9(14(22)23)3-4-11(18)17-10(13(21)16-7-12(19)20)8-27-26-5-1-2-6-28(24)25/h9-10H,1-8,15H2,(H,16,21)(H,17,18)(H,19,20)(H,22,23)(H,24,25)/t9-,10-/m0/s1. The summed E-state index contributed by atoms with van der Waals surface area (Å²) in [6.45, 7) is -0.592. The van der Waals surface area contributed by atoms with E-state index < -0.39 is 53.5 Å². The normalized spacial score (nSPS) is 13.9. The largest absolute Gasteiger partial charge is 0.480 e. The number of carbonyl (C=O) groups is 4. The molecule has 11 nitrogen and oxygen atoms in total. The van der Waals surface area contributed by atoms with Gasteiger partial charge in [0.25, 0.3) is 0 Å². The van der Waals surface area contributed by atoms with Crippen LogP contribution in [0.3, 0.4) is 0 Å². The van der Waals surface area contributed by atoms with Gasteiger partial charge in [-0.25, -0.2) is 4.21 Å². The molecule has 0 saturated carbocycles. The maximum Gasteiger partial charge on any atom is 0.322 e. The van der Waals surface area contributed by atoms with Crippen LogP contribution >= 0.6 is 21.6 Å². The van der Waals surface area contributed by atoms with Gasteiger partial charge < -0.3 is 31.1 Å². The van der Waals surface area contributed by atoms with Crippen LogP contribution in [0.1, 0.15) is 25.7 Å². The van der Waals surface area contributed by atoms with Crippen molar-refractivity contribution in [3.63, 3.8) is 0 Å². The van der Waals surface area contributed by atoms with Gasteiger partial charge in [0.2, 0.25) is 11.8 Å². The van der Waals surface area contributed by atoms with Crippen molar-refractivity contribution >= 4 is 56.4 Å². The first-order valence-corrected chi connectivity index (χ1v) is 12.0. The van der Waals surface area contributed by atoms with E-state index in [1.165, 1.54) is 21.6 Å². The lowest BCUT2D eigenvalue weighted by Crippen LogP contribution is -2.49. The Morgan fingerprint density at radius 2 is 1.79 bits per heavy atom. The summed E-state index contributed by atoms with van der Waals surface area (Å²) in [4.78, 5) is 45.3. The summed E-state index contributed by atoms with van der Waals surface area (Å²) in [6.07, 6.45) is 1.00. The van der Waals surface area contributed by atoms with Crippen molar-refractivity contribution in [2.45, 2.75) is 37.8 Å². The molecule has 0 rings (SSSR count). The lowest BCUT2D eigenvalue weighted by molar-refractivity contribution is -0.139. The maximum atomic E-state index is 12.1. The first-order chi connectivity index (χ1) is 13.1. The minimum atomic E-state index is -1.82. The number of hydrogen-bond donors (Lipinski definition) is 6. The van der Waals surface area contributed by atoms with Gasteiger partial charge in [-0.3, -0.25) is 19.2 Å². The molecule has 14 heteroatoms. The van der Waals surface area contributed by atoms with Crippen LogP contribution in [0.2, 0.25) is 0 Å². The van der Waals surface area contributed by atoms with Crippen molar-refractivity contribution in [3.05, 3.63) is 0 Å². The Bertz CT molecular complexity index is 564. The van der Waals surface area contributed by atoms with Gasteiger partial charge in [-0.05, 0) is 19.3 Å². The number of carboxylic acid groups (broad SMARTS) is 2. The summed E-state index contributed by atoms with van der Waals surface area (Å²) >= 11 is -1.82. The molecule has 0 fully saturated rings. The molecule has 0 aliphatic carbocycles. The molecule has 28 heavy (non-hydrogen) atoms. The Morgan fingerprint density at radius 1 is 1.11 bits per heavy atom. The first kappa shape index (κ1) is 26.6. The molecule has 0 aromatic rings. The molecule has 0 aromatic heterocycles. The highest BCUT2D eigenvalue weighted by atomic mass is 33.1. The van der Waals surface area contributed by atoms with Gasteiger partial charge in [0.05, 0.1) is 0 Å². The minimum absolute atomic E-state index is 0.0985. The number of carbonyl (C=O) groups excluding carboxylic acids is 2. The van der Waals surface area contributed by atoms with Crippen molar-refractivity contribution < 1.29 is 38.2 Å². The fourth-order valence-corrected chi connectivity index (χ4v) is 4.47. The predicted octanol–water partition coefficient (Wildman–Crippen LogP) is -0.753. The number of carboxylic acids is 2. The Balaban J connectivity index is 4.43. The monoisotopic (exact) mass is 459 g/mol. The second-order valence-electron chi connectivity index (χ2n) is 5.55.